The van der Waals surface area contributed by atoms with E-state index in [-0.39, 0.29) is 24.4 Å². The van der Waals surface area contributed by atoms with Crippen molar-refractivity contribution >= 4 is 17.7 Å². The fourth-order valence-electron chi connectivity index (χ4n) is 5.01. The second kappa shape index (κ2) is 22.2. The van der Waals surface area contributed by atoms with Crippen molar-refractivity contribution in [2.75, 3.05) is 19.6 Å². The van der Waals surface area contributed by atoms with Gasteiger partial charge in [0.1, 0.15) is 6.04 Å². The first kappa shape index (κ1) is 36.3. The number of hydrogen-bond donors (Lipinski definition) is 5. The Labute approximate surface area is 233 Å². The van der Waals surface area contributed by atoms with E-state index in [9.17, 15) is 14.4 Å². The van der Waals surface area contributed by atoms with Gasteiger partial charge >= 0.3 is 0 Å². The molecule has 0 aliphatic heterocycles. The fourth-order valence-corrected chi connectivity index (χ4v) is 5.01. The number of rotatable bonds is 15. The van der Waals surface area contributed by atoms with E-state index in [0.29, 0.717) is 25.3 Å². The first-order valence-corrected chi connectivity index (χ1v) is 15.4. The predicted octanol–water partition coefficient (Wildman–Crippen LogP) is 4.26. The highest BCUT2D eigenvalue weighted by molar-refractivity contribution is 5.90. The summed E-state index contributed by atoms with van der Waals surface area (Å²) in [6.45, 7) is 13.7. The zero-order valence-electron chi connectivity index (χ0n) is 25.5. The molecule has 0 saturated heterocycles. The van der Waals surface area contributed by atoms with Crippen molar-refractivity contribution in [2.24, 2.45) is 35.1 Å². The lowest BCUT2D eigenvalue weighted by Gasteiger charge is -2.22. The van der Waals surface area contributed by atoms with Crippen LogP contribution < -0.4 is 27.4 Å². The summed E-state index contributed by atoms with van der Waals surface area (Å²) in [6, 6.07) is -1.05. The Morgan fingerprint density at radius 2 is 1.53 bits per heavy atom. The Hall–Kier alpha value is -1.67. The molecule has 4 atom stereocenters. The van der Waals surface area contributed by atoms with Gasteiger partial charge < -0.3 is 27.4 Å². The molecule has 2 unspecified atom stereocenters. The lowest BCUT2D eigenvalue weighted by Crippen LogP contribution is -2.51. The number of nitrogens with two attached hydrogens (primary N) is 2. The highest BCUT2D eigenvalue weighted by Crippen LogP contribution is 2.48. The molecule has 224 valence electrons. The third-order valence-corrected chi connectivity index (χ3v) is 6.93. The van der Waals surface area contributed by atoms with Crippen LogP contribution in [0.25, 0.3) is 0 Å². The van der Waals surface area contributed by atoms with Crippen LogP contribution in [0.15, 0.2) is 0 Å². The molecule has 7 N–H and O–H groups in total. The van der Waals surface area contributed by atoms with Crippen LogP contribution in [0.3, 0.4) is 0 Å². The maximum Gasteiger partial charge on any atom is 0.240 e. The minimum atomic E-state index is -0.718. The van der Waals surface area contributed by atoms with Crippen molar-refractivity contribution in [1.82, 2.24) is 16.0 Å². The molecular weight excluding hydrogens is 478 g/mol. The zero-order valence-corrected chi connectivity index (χ0v) is 25.5. The van der Waals surface area contributed by atoms with Gasteiger partial charge in [-0.05, 0) is 62.4 Å². The molecule has 0 bridgehead atoms. The normalized spacial score (nSPS) is 20.2. The number of carbonyl (C=O) groups excluding carboxylic acids is 3. The van der Waals surface area contributed by atoms with Gasteiger partial charge in [0.15, 0.2) is 0 Å². The van der Waals surface area contributed by atoms with Crippen LogP contribution in [-0.2, 0) is 14.4 Å². The summed E-state index contributed by atoms with van der Waals surface area (Å²) < 4.78 is 0. The maximum atomic E-state index is 12.8. The smallest absolute Gasteiger partial charge is 0.240 e. The predicted molar refractivity (Wildman–Crippen MR) is 158 cm³/mol. The van der Waals surface area contributed by atoms with E-state index >= 15 is 0 Å². The molecule has 2 rings (SSSR count). The average Bonchev–Trinajstić information content (AvgIpc) is 3.65. The summed E-state index contributed by atoms with van der Waals surface area (Å²) in [5.74, 6) is 1.43. The van der Waals surface area contributed by atoms with Crippen LogP contribution in [0, 0.1) is 23.7 Å². The van der Waals surface area contributed by atoms with E-state index in [4.69, 9.17) is 11.5 Å². The van der Waals surface area contributed by atoms with Gasteiger partial charge in [0.25, 0.3) is 0 Å². The van der Waals surface area contributed by atoms with Crippen LogP contribution in [-0.4, -0.2) is 49.4 Å². The SMILES string of the molecule is CC(C)C[C@H](NC(=O)CNC(=O)[C@H](CCCCN)NCC1CC1C1CCCCC1)C(N)=O.CCC.CCC. The maximum absolute atomic E-state index is 12.8. The molecule has 2 aliphatic rings. The quantitative estimate of drug-likeness (QED) is 0.198. The third kappa shape index (κ3) is 17.0. The molecule has 0 aromatic rings. The largest absolute Gasteiger partial charge is 0.368 e. The highest BCUT2D eigenvalue weighted by Gasteiger charge is 2.42. The van der Waals surface area contributed by atoms with Gasteiger partial charge in [-0.15, -0.1) is 0 Å². The molecular formula is C30H61N5O3. The molecule has 8 heteroatoms. The number of carbonyl (C=O) groups is 3. The number of unbranched alkanes of at least 4 members (excludes halogenated alkanes) is 1. The van der Waals surface area contributed by atoms with Gasteiger partial charge in [0.2, 0.25) is 17.7 Å². The van der Waals surface area contributed by atoms with Crippen LogP contribution in [0.2, 0.25) is 0 Å². The molecule has 0 heterocycles. The van der Waals surface area contributed by atoms with Gasteiger partial charge in [-0.2, -0.15) is 0 Å². The molecule has 2 aliphatic carbocycles. The molecule has 0 aromatic heterocycles. The monoisotopic (exact) mass is 539 g/mol. The van der Waals surface area contributed by atoms with E-state index in [1.807, 2.05) is 13.8 Å². The van der Waals surface area contributed by atoms with Crippen LogP contribution in [0.4, 0.5) is 0 Å². The van der Waals surface area contributed by atoms with E-state index in [1.54, 1.807) is 0 Å². The van der Waals surface area contributed by atoms with Crippen LogP contribution >= 0.6 is 0 Å². The summed E-state index contributed by atoms with van der Waals surface area (Å²) in [6.07, 6.45) is 13.5. The number of amides is 3. The third-order valence-electron chi connectivity index (χ3n) is 6.93. The van der Waals surface area contributed by atoms with Crippen LogP contribution in [0.1, 0.15) is 119 Å². The van der Waals surface area contributed by atoms with Crippen molar-refractivity contribution in [2.45, 2.75) is 131 Å². The van der Waals surface area contributed by atoms with Crippen molar-refractivity contribution in [3.05, 3.63) is 0 Å². The second-order valence-corrected chi connectivity index (χ2v) is 11.6. The highest BCUT2D eigenvalue weighted by atomic mass is 16.2. The lowest BCUT2D eigenvalue weighted by atomic mass is 9.85. The van der Waals surface area contributed by atoms with Crippen molar-refractivity contribution in [1.29, 1.82) is 0 Å². The lowest BCUT2D eigenvalue weighted by molar-refractivity contribution is -0.129. The van der Waals surface area contributed by atoms with E-state index in [0.717, 1.165) is 31.2 Å². The Morgan fingerprint density at radius 3 is 2.05 bits per heavy atom. The van der Waals surface area contributed by atoms with Gasteiger partial charge in [-0.25, -0.2) is 0 Å². The Bertz CT molecular complexity index is 635. The number of nitrogens with one attached hydrogen (secondary N) is 3. The van der Waals surface area contributed by atoms with E-state index in [1.165, 1.54) is 51.4 Å². The topological polar surface area (TPSA) is 139 Å². The standard InChI is InChI=1S/C24H45N5O3.2C3H8/c1-16(2)12-21(23(26)31)29-22(30)15-28-24(32)20(10-6-7-11-25)27-14-18-13-19(18)17-8-4-3-5-9-17;2*1-3-2/h16-21,27H,3-15,25H2,1-2H3,(H2,26,31)(H,28,32)(H,29,30);2*3H2,1-2H3/t18?,19?,20-,21-;;/m0../s1. The fraction of sp³-hybridized carbons (Fsp3) is 0.900. The minimum Gasteiger partial charge on any atom is -0.368 e. The van der Waals surface area contributed by atoms with Gasteiger partial charge in [0.05, 0.1) is 12.6 Å². The Morgan fingerprint density at radius 1 is 0.921 bits per heavy atom. The summed E-state index contributed by atoms with van der Waals surface area (Å²) in [7, 11) is 0. The first-order valence-electron chi connectivity index (χ1n) is 15.4. The van der Waals surface area contributed by atoms with Gasteiger partial charge in [-0.3, -0.25) is 14.4 Å². The van der Waals surface area contributed by atoms with Crippen molar-refractivity contribution in [3.63, 3.8) is 0 Å². The average molecular weight is 540 g/mol. The molecule has 0 aromatic carbocycles. The van der Waals surface area contributed by atoms with Gasteiger partial charge in [0, 0.05) is 0 Å². The molecule has 2 fully saturated rings. The van der Waals surface area contributed by atoms with Gasteiger partial charge in [-0.1, -0.05) is 92.9 Å². The molecule has 0 radical (unpaired) electrons. The molecule has 38 heavy (non-hydrogen) atoms. The summed E-state index contributed by atoms with van der Waals surface area (Å²) in [4.78, 5) is 36.6. The van der Waals surface area contributed by atoms with Crippen LogP contribution in [0.5, 0.6) is 0 Å². The van der Waals surface area contributed by atoms with E-state index < -0.39 is 17.9 Å². The zero-order chi connectivity index (χ0) is 28.9. The molecule has 3 amide bonds. The first-order chi connectivity index (χ1) is 18.1. The van der Waals surface area contributed by atoms with Crippen molar-refractivity contribution < 1.29 is 14.4 Å². The van der Waals surface area contributed by atoms with E-state index in [2.05, 4.69) is 43.6 Å². The molecule has 2 saturated carbocycles. The Kier molecular flexibility index (Phi) is 21.2. The minimum absolute atomic E-state index is 0.163. The second-order valence-electron chi connectivity index (χ2n) is 11.6. The number of hydrogen-bond acceptors (Lipinski definition) is 5. The van der Waals surface area contributed by atoms with Crippen molar-refractivity contribution in [3.8, 4) is 0 Å². The summed E-state index contributed by atoms with van der Waals surface area (Å²) in [5, 5.41) is 8.82. The molecule has 8 nitrogen and oxygen atoms in total. The Balaban J connectivity index is 0.00000208. The number of primary amides is 1. The summed E-state index contributed by atoms with van der Waals surface area (Å²) in [5.41, 5.74) is 11.0. The molecule has 0 spiro atoms. The summed E-state index contributed by atoms with van der Waals surface area (Å²) >= 11 is 0.